The standard InChI is InChI=1S/C25H32F3N3O4S/c1-6-22(24(33)29-17(2)3)30(15-19-11-8-7-10-18(19)4)23(32)16-31(36(5,34)35)21-13-9-12-20(14-21)25(26,27)28/h7-14,17,22H,6,15-16H2,1-5H3,(H,29,33)/t22-/m0/s1. The molecule has 36 heavy (non-hydrogen) atoms. The quantitative estimate of drug-likeness (QED) is 0.504. The first kappa shape index (κ1) is 29.2. The fraction of sp³-hybridized carbons (Fsp3) is 0.440. The highest BCUT2D eigenvalue weighted by Crippen LogP contribution is 2.32. The van der Waals surface area contributed by atoms with E-state index in [-0.39, 0.29) is 24.7 Å². The van der Waals surface area contributed by atoms with Crippen molar-refractivity contribution in [2.24, 2.45) is 0 Å². The van der Waals surface area contributed by atoms with Crippen molar-refractivity contribution >= 4 is 27.5 Å². The first-order valence-corrected chi connectivity index (χ1v) is 13.3. The van der Waals surface area contributed by atoms with Crippen LogP contribution in [0.25, 0.3) is 0 Å². The fourth-order valence-electron chi connectivity index (χ4n) is 3.72. The molecule has 0 saturated heterocycles. The number of anilines is 1. The van der Waals surface area contributed by atoms with Gasteiger partial charge in [0.05, 0.1) is 17.5 Å². The highest BCUT2D eigenvalue weighted by Gasteiger charge is 2.34. The van der Waals surface area contributed by atoms with Crippen molar-refractivity contribution in [3.63, 3.8) is 0 Å². The molecular formula is C25H32F3N3O4S. The second-order valence-corrected chi connectivity index (χ2v) is 10.8. The third kappa shape index (κ3) is 7.71. The summed E-state index contributed by atoms with van der Waals surface area (Å²) in [7, 11) is -4.14. The molecule has 1 N–H and O–H groups in total. The normalized spacial score (nSPS) is 12.8. The minimum atomic E-state index is -4.69. The first-order valence-electron chi connectivity index (χ1n) is 11.4. The second-order valence-electron chi connectivity index (χ2n) is 8.85. The van der Waals surface area contributed by atoms with Crippen LogP contribution in [0.15, 0.2) is 48.5 Å². The lowest BCUT2D eigenvalue weighted by molar-refractivity contribution is -0.140. The van der Waals surface area contributed by atoms with Crippen LogP contribution in [0.3, 0.4) is 0 Å². The van der Waals surface area contributed by atoms with E-state index in [1.807, 2.05) is 19.1 Å². The maximum atomic E-state index is 13.6. The van der Waals surface area contributed by atoms with Crippen LogP contribution in [-0.2, 0) is 32.3 Å². The number of carbonyl (C=O) groups is 2. The molecule has 198 valence electrons. The molecule has 0 aliphatic heterocycles. The number of nitrogens with zero attached hydrogens (tertiary/aromatic N) is 2. The SMILES string of the molecule is CC[C@@H](C(=O)NC(C)C)N(Cc1ccccc1C)C(=O)CN(c1cccc(C(F)(F)F)c1)S(C)(=O)=O. The van der Waals surface area contributed by atoms with Crippen molar-refractivity contribution in [1.29, 1.82) is 0 Å². The lowest BCUT2D eigenvalue weighted by Gasteiger charge is -2.33. The lowest BCUT2D eigenvalue weighted by Crippen LogP contribution is -2.53. The van der Waals surface area contributed by atoms with Crippen LogP contribution >= 0.6 is 0 Å². The maximum absolute atomic E-state index is 13.6. The van der Waals surface area contributed by atoms with E-state index in [1.54, 1.807) is 32.9 Å². The summed E-state index contributed by atoms with van der Waals surface area (Å²) in [6.07, 6.45) is -3.63. The van der Waals surface area contributed by atoms with Gasteiger partial charge in [-0.05, 0) is 56.5 Å². The molecule has 2 aromatic carbocycles. The van der Waals surface area contributed by atoms with Gasteiger partial charge in [0.1, 0.15) is 12.6 Å². The van der Waals surface area contributed by atoms with Crippen LogP contribution < -0.4 is 9.62 Å². The molecule has 0 saturated carbocycles. The van der Waals surface area contributed by atoms with Gasteiger partial charge in [0.25, 0.3) is 0 Å². The van der Waals surface area contributed by atoms with Crippen LogP contribution in [0, 0.1) is 6.92 Å². The third-order valence-corrected chi connectivity index (χ3v) is 6.70. The molecule has 7 nitrogen and oxygen atoms in total. The Morgan fingerprint density at radius 3 is 2.22 bits per heavy atom. The lowest BCUT2D eigenvalue weighted by atomic mass is 10.1. The van der Waals surface area contributed by atoms with Crippen LogP contribution in [0.4, 0.5) is 18.9 Å². The van der Waals surface area contributed by atoms with Crippen LogP contribution in [0.2, 0.25) is 0 Å². The van der Waals surface area contributed by atoms with Gasteiger partial charge in [-0.2, -0.15) is 13.2 Å². The minimum Gasteiger partial charge on any atom is -0.352 e. The highest BCUT2D eigenvalue weighted by atomic mass is 32.2. The molecule has 0 radical (unpaired) electrons. The summed E-state index contributed by atoms with van der Waals surface area (Å²) in [6.45, 7) is 6.38. The summed E-state index contributed by atoms with van der Waals surface area (Å²) in [5, 5.41) is 2.78. The van der Waals surface area contributed by atoms with Crippen molar-refractivity contribution in [1.82, 2.24) is 10.2 Å². The van der Waals surface area contributed by atoms with E-state index >= 15 is 0 Å². The van der Waals surface area contributed by atoms with Gasteiger partial charge in [-0.3, -0.25) is 13.9 Å². The van der Waals surface area contributed by atoms with E-state index in [9.17, 15) is 31.2 Å². The molecule has 0 aliphatic carbocycles. The number of halogens is 3. The van der Waals surface area contributed by atoms with Gasteiger partial charge in [-0.15, -0.1) is 0 Å². The molecule has 0 spiro atoms. The smallest absolute Gasteiger partial charge is 0.352 e. The van der Waals surface area contributed by atoms with E-state index in [4.69, 9.17) is 0 Å². The zero-order valence-corrected chi connectivity index (χ0v) is 21.8. The number of carbonyl (C=O) groups excluding carboxylic acids is 2. The number of amides is 2. The van der Waals surface area contributed by atoms with Gasteiger partial charge in [-0.1, -0.05) is 37.3 Å². The minimum absolute atomic E-state index is 0.0235. The second kappa shape index (κ2) is 11.8. The Kier molecular flexibility index (Phi) is 9.53. The number of sulfonamides is 1. The zero-order chi connectivity index (χ0) is 27.3. The Morgan fingerprint density at radius 2 is 1.69 bits per heavy atom. The van der Waals surface area contributed by atoms with Gasteiger partial charge in [0.15, 0.2) is 0 Å². The number of rotatable bonds is 10. The number of aryl methyl sites for hydroxylation is 1. The average molecular weight is 528 g/mol. The molecule has 1 atom stereocenters. The van der Waals surface area contributed by atoms with Crippen LogP contribution in [-0.4, -0.2) is 50.0 Å². The summed E-state index contributed by atoms with van der Waals surface area (Å²) >= 11 is 0. The molecule has 2 amide bonds. The van der Waals surface area contributed by atoms with Crippen molar-refractivity contribution in [3.8, 4) is 0 Å². The predicted molar refractivity (Wildman–Crippen MR) is 133 cm³/mol. The average Bonchev–Trinajstić information content (AvgIpc) is 2.76. The Hall–Kier alpha value is -3.08. The summed E-state index contributed by atoms with van der Waals surface area (Å²) in [5.74, 6) is -1.12. The number of hydrogen-bond acceptors (Lipinski definition) is 4. The van der Waals surface area contributed by atoms with Gasteiger partial charge < -0.3 is 10.2 Å². The van der Waals surface area contributed by atoms with Crippen LogP contribution in [0.5, 0.6) is 0 Å². The topological polar surface area (TPSA) is 86.8 Å². The van der Waals surface area contributed by atoms with E-state index < -0.39 is 46.2 Å². The molecule has 2 aromatic rings. The van der Waals surface area contributed by atoms with E-state index in [2.05, 4.69) is 5.32 Å². The van der Waals surface area contributed by atoms with Gasteiger partial charge in [0, 0.05) is 12.6 Å². The van der Waals surface area contributed by atoms with Crippen molar-refractivity contribution in [3.05, 3.63) is 65.2 Å². The summed E-state index contributed by atoms with van der Waals surface area (Å²) in [4.78, 5) is 27.8. The number of benzene rings is 2. The molecular weight excluding hydrogens is 495 g/mol. The number of nitrogens with one attached hydrogen (secondary N) is 1. The van der Waals surface area contributed by atoms with Crippen LogP contribution in [0.1, 0.15) is 43.9 Å². The van der Waals surface area contributed by atoms with Crippen molar-refractivity contribution in [2.75, 3.05) is 17.1 Å². The molecule has 0 aromatic heterocycles. The Morgan fingerprint density at radius 1 is 1.06 bits per heavy atom. The van der Waals surface area contributed by atoms with E-state index in [0.29, 0.717) is 10.4 Å². The Balaban J connectivity index is 2.51. The first-order chi connectivity index (χ1) is 16.6. The maximum Gasteiger partial charge on any atom is 0.416 e. The number of alkyl halides is 3. The zero-order valence-electron chi connectivity index (χ0n) is 21.0. The molecule has 0 aliphatic rings. The van der Waals surface area contributed by atoms with Crippen molar-refractivity contribution < 1.29 is 31.2 Å². The predicted octanol–water partition coefficient (Wildman–Crippen LogP) is 4.11. The largest absolute Gasteiger partial charge is 0.416 e. The molecule has 0 heterocycles. The van der Waals surface area contributed by atoms with E-state index in [0.717, 1.165) is 29.5 Å². The third-order valence-electron chi connectivity index (χ3n) is 5.56. The Bertz CT molecular complexity index is 1180. The molecule has 0 fully saturated rings. The van der Waals surface area contributed by atoms with Gasteiger partial charge in [-0.25, -0.2) is 8.42 Å². The highest BCUT2D eigenvalue weighted by molar-refractivity contribution is 7.92. The molecule has 0 unspecified atom stereocenters. The summed E-state index contributed by atoms with van der Waals surface area (Å²) < 4.78 is 65.5. The summed E-state index contributed by atoms with van der Waals surface area (Å²) in [5.41, 5.74) is 0.288. The summed E-state index contributed by atoms with van der Waals surface area (Å²) in [6, 6.07) is 9.92. The molecule has 2 rings (SSSR count). The fourth-order valence-corrected chi connectivity index (χ4v) is 4.56. The van der Waals surface area contributed by atoms with Crippen molar-refractivity contribution in [2.45, 2.75) is 58.9 Å². The number of hydrogen-bond donors (Lipinski definition) is 1. The molecule has 0 bridgehead atoms. The monoisotopic (exact) mass is 527 g/mol. The van der Waals surface area contributed by atoms with Gasteiger partial charge in [0.2, 0.25) is 21.8 Å². The van der Waals surface area contributed by atoms with Gasteiger partial charge >= 0.3 is 6.18 Å². The Labute approximate surface area is 210 Å². The molecule has 11 heteroatoms. The van der Waals surface area contributed by atoms with E-state index in [1.165, 1.54) is 11.0 Å².